The molecule has 0 spiro atoms. The number of aromatic nitrogens is 3. The topological polar surface area (TPSA) is 86.6 Å². The Morgan fingerprint density at radius 2 is 2.02 bits per heavy atom. The Kier molecular flexibility index (Phi) is 6.98. The fourth-order valence-corrected chi connectivity index (χ4v) is 6.93. The van der Waals surface area contributed by atoms with Crippen LogP contribution >= 0.6 is 0 Å². The summed E-state index contributed by atoms with van der Waals surface area (Å²) in [5.74, 6) is 1.20. The maximum atomic E-state index is 16.6. The van der Waals surface area contributed by atoms with E-state index in [-0.39, 0.29) is 46.1 Å². The summed E-state index contributed by atoms with van der Waals surface area (Å²) in [4.78, 5) is 15.8. The largest absolute Gasteiger partial charge is 0.508 e. The van der Waals surface area contributed by atoms with Crippen LogP contribution in [0.1, 0.15) is 44.1 Å². The fourth-order valence-electron chi connectivity index (χ4n) is 6.93. The standard InChI is InChI=1S/C32H31F3N6O2/c1-2-22-25(34)8-7-19-13-21(42)14-23(26(19)22)28-27(35)29-24(16-36-28)30(41-12-5-3-4-10-37-41)39-31(38-29)43-18-32-9-6-11-40(32)17-20(33)15-32/h1,7-8,13-14,16,20,37,42H,3-6,9-12,15,17-18H2/t20-,32+/m1/s1. The van der Waals surface area contributed by atoms with Gasteiger partial charge in [0.05, 0.1) is 16.5 Å². The van der Waals surface area contributed by atoms with E-state index < -0.39 is 23.3 Å². The quantitative estimate of drug-likeness (QED) is 0.306. The van der Waals surface area contributed by atoms with Crippen molar-refractivity contribution in [3.8, 4) is 35.4 Å². The third-order valence-electron chi connectivity index (χ3n) is 8.94. The van der Waals surface area contributed by atoms with E-state index in [9.17, 15) is 13.9 Å². The number of halogens is 3. The zero-order valence-corrected chi connectivity index (χ0v) is 23.5. The highest BCUT2D eigenvalue weighted by molar-refractivity contribution is 6.03. The number of nitrogens with one attached hydrogen (secondary N) is 1. The number of anilines is 1. The maximum Gasteiger partial charge on any atom is 0.319 e. The first-order chi connectivity index (χ1) is 20.9. The number of ether oxygens (including phenoxy) is 1. The van der Waals surface area contributed by atoms with Crippen LogP contribution in [0, 0.1) is 24.0 Å². The number of benzene rings is 2. The number of terminal acetylenes is 1. The number of pyridine rings is 1. The highest BCUT2D eigenvalue weighted by Crippen LogP contribution is 2.41. The molecule has 3 aliphatic rings. The first-order valence-electron chi connectivity index (χ1n) is 14.7. The minimum absolute atomic E-state index is 0.0238. The molecule has 4 aromatic rings. The van der Waals surface area contributed by atoms with Crippen molar-refractivity contribution in [2.75, 3.05) is 37.8 Å². The van der Waals surface area contributed by atoms with Crippen LogP contribution in [-0.2, 0) is 0 Å². The highest BCUT2D eigenvalue weighted by Gasteiger charge is 2.49. The van der Waals surface area contributed by atoms with Crippen molar-refractivity contribution < 1.29 is 23.0 Å². The van der Waals surface area contributed by atoms with Gasteiger partial charge < -0.3 is 9.84 Å². The van der Waals surface area contributed by atoms with Crippen molar-refractivity contribution >= 4 is 27.5 Å². The van der Waals surface area contributed by atoms with Gasteiger partial charge >= 0.3 is 6.01 Å². The molecule has 3 aliphatic heterocycles. The number of hydrazine groups is 1. The van der Waals surface area contributed by atoms with E-state index in [0.717, 1.165) is 45.2 Å². The van der Waals surface area contributed by atoms with Crippen molar-refractivity contribution in [1.29, 1.82) is 0 Å². The summed E-state index contributed by atoms with van der Waals surface area (Å²) in [6, 6.07) is 5.41. The van der Waals surface area contributed by atoms with E-state index in [2.05, 4.69) is 26.2 Å². The molecule has 0 bridgehead atoms. The Hall–Kier alpha value is -4.14. The van der Waals surface area contributed by atoms with Gasteiger partial charge in [0.1, 0.15) is 35.6 Å². The van der Waals surface area contributed by atoms with Gasteiger partial charge in [-0.2, -0.15) is 9.97 Å². The molecule has 0 unspecified atom stereocenters. The molecule has 43 heavy (non-hydrogen) atoms. The van der Waals surface area contributed by atoms with Crippen molar-refractivity contribution in [3.05, 3.63) is 47.7 Å². The summed E-state index contributed by atoms with van der Waals surface area (Å²) in [7, 11) is 0. The van der Waals surface area contributed by atoms with E-state index >= 15 is 4.39 Å². The molecule has 5 heterocycles. The smallest absolute Gasteiger partial charge is 0.319 e. The number of phenolic OH excluding ortho intramolecular Hbond substituents is 1. The molecule has 3 saturated heterocycles. The molecule has 0 saturated carbocycles. The van der Waals surface area contributed by atoms with Crippen molar-refractivity contribution in [1.82, 2.24) is 25.3 Å². The minimum Gasteiger partial charge on any atom is -0.508 e. The number of fused-ring (bicyclic) bond motifs is 3. The summed E-state index contributed by atoms with van der Waals surface area (Å²) in [5, 5.41) is 13.4. The lowest BCUT2D eigenvalue weighted by molar-refractivity contribution is 0.107. The van der Waals surface area contributed by atoms with Gasteiger partial charge in [-0.25, -0.2) is 18.6 Å². The number of phenols is 1. The molecule has 0 amide bonds. The number of hydrogen-bond donors (Lipinski definition) is 2. The average Bonchev–Trinajstić information content (AvgIpc) is 3.37. The molecule has 2 aromatic heterocycles. The molecular weight excluding hydrogens is 557 g/mol. The average molecular weight is 589 g/mol. The summed E-state index contributed by atoms with van der Waals surface area (Å²) in [6.45, 7) is 2.74. The predicted octanol–water partition coefficient (Wildman–Crippen LogP) is 5.26. The van der Waals surface area contributed by atoms with E-state index in [1.165, 1.54) is 30.5 Å². The van der Waals surface area contributed by atoms with E-state index in [4.69, 9.17) is 16.1 Å². The van der Waals surface area contributed by atoms with Gasteiger partial charge in [0.25, 0.3) is 0 Å². The zero-order chi connectivity index (χ0) is 29.7. The molecule has 0 aliphatic carbocycles. The number of rotatable bonds is 5. The second-order valence-electron chi connectivity index (χ2n) is 11.7. The van der Waals surface area contributed by atoms with Crippen LogP contribution in [0.3, 0.4) is 0 Å². The van der Waals surface area contributed by atoms with Crippen LogP contribution < -0.4 is 15.2 Å². The monoisotopic (exact) mass is 588 g/mol. The second kappa shape index (κ2) is 10.8. The molecule has 2 N–H and O–H groups in total. The summed E-state index contributed by atoms with van der Waals surface area (Å²) < 4.78 is 51.9. The molecule has 8 nitrogen and oxygen atoms in total. The van der Waals surface area contributed by atoms with E-state index in [1.807, 2.05) is 5.01 Å². The van der Waals surface area contributed by atoms with Crippen LogP contribution in [0.15, 0.2) is 30.5 Å². The Morgan fingerprint density at radius 3 is 2.88 bits per heavy atom. The van der Waals surface area contributed by atoms with Crippen LogP contribution in [0.4, 0.5) is 19.0 Å². The number of aromatic hydroxyl groups is 1. The number of alkyl halides is 1. The SMILES string of the molecule is C#Cc1c(F)ccc2cc(O)cc(-c3ncc4c(N5CCCCCN5)nc(OC[C@@]56CCCN5C[C@H](F)C6)nc4c3F)c12. The maximum absolute atomic E-state index is 16.6. The highest BCUT2D eigenvalue weighted by atomic mass is 19.1. The Labute approximate surface area is 246 Å². The lowest BCUT2D eigenvalue weighted by Crippen LogP contribution is -2.43. The van der Waals surface area contributed by atoms with Crippen molar-refractivity contribution in [2.45, 2.75) is 50.2 Å². The third-order valence-corrected chi connectivity index (χ3v) is 8.94. The third kappa shape index (κ3) is 4.79. The first kappa shape index (κ1) is 27.7. The molecule has 7 rings (SSSR count). The fraction of sp³-hybridized carbons (Fsp3) is 0.406. The van der Waals surface area contributed by atoms with Gasteiger partial charge in [0, 0.05) is 43.2 Å². The molecule has 0 radical (unpaired) electrons. The van der Waals surface area contributed by atoms with Crippen LogP contribution in [-0.4, -0.2) is 69.5 Å². The van der Waals surface area contributed by atoms with Gasteiger partial charge in [0.15, 0.2) is 11.6 Å². The van der Waals surface area contributed by atoms with Gasteiger partial charge in [-0.15, -0.1) is 6.42 Å². The first-order valence-corrected chi connectivity index (χ1v) is 14.7. The van der Waals surface area contributed by atoms with E-state index in [0.29, 0.717) is 36.1 Å². The Morgan fingerprint density at radius 1 is 1.14 bits per heavy atom. The van der Waals surface area contributed by atoms with Crippen LogP contribution in [0.5, 0.6) is 11.8 Å². The molecule has 2 aromatic carbocycles. The van der Waals surface area contributed by atoms with Crippen LogP contribution in [0.25, 0.3) is 32.9 Å². The van der Waals surface area contributed by atoms with Crippen molar-refractivity contribution in [3.63, 3.8) is 0 Å². The van der Waals surface area contributed by atoms with Crippen LogP contribution in [0.2, 0.25) is 0 Å². The molecule has 11 heteroatoms. The van der Waals surface area contributed by atoms with Gasteiger partial charge in [-0.1, -0.05) is 18.4 Å². The lowest BCUT2D eigenvalue weighted by Gasteiger charge is -2.31. The molecular formula is C32H31F3N6O2. The molecule has 2 atom stereocenters. The summed E-state index contributed by atoms with van der Waals surface area (Å²) in [5.41, 5.74) is 2.82. The Bertz CT molecular complexity index is 1770. The lowest BCUT2D eigenvalue weighted by atomic mass is 9.95. The number of nitrogens with zero attached hydrogens (tertiary/aromatic N) is 5. The normalized spacial score (nSPS) is 22.6. The predicted molar refractivity (Wildman–Crippen MR) is 158 cm³/mol. The van der Waals surface area contributed by atoms with Gasteiger partial charge in [-0.3, -0.25) is 14.9 Å². The minimum atomic E-state index is -0.917. The number of hydrogen-bond acceptors (Lipinski definition) is 8. The van der Waals surface area contributed by atoms with Gasteiger partial charge in [0.2, 0.25) is 0 Å². The van der Waals surface area contributed by atoms with Crippen molar-refractivity contribution in [2.24, 2.45) is 0 Å². The van der Waals surface area contributed by atoms with Gasteiger partial charge in [-0.05, 0) is 55.8 Å². The summed E-state index contributed by atoms with van der Waals surface area (Å²) in [6.07, 6.45) is 11.3. The van der Waals surface area contributed by atoms with E-state index in [1.54, 1.807) is 0 Å². The molecule has 3 fully saturated rings. The molecule has 222 valence electrons. The summed E-state index contributed by atoms with van der Waals surface area (Å²) >= 11 is 0. The Balaban J connectivity index is 1.38. The zero-order valence-electron chi connectivity index (χ0n) is 23.5. The second-order valence-corrected chi connectivity index (χ2v) is 11.7.